The van der Waals surface area contributed by atoms with Gasteiger partial charge in [-0.15, -0.1) is 21.5 Å². The quantitative estimate of drug-likeness (QED) is 0.207. The highest BCUT2D eigenvalue weighted by Gasteiger charge is 2.22. The number of para-hydroxylation sites is 2. The van der Waals surface area contributed by atoms with E-state index in [2.05, 4.69) is 30.1 Å². The highest BCUT2D eigenvalue weighted by atomic mass is 32.2. The Labute approximate surface area is 199 Å². The van der Waals surface area contributed by atoms with Crippen LogP contribution in [0.1, 0.15) is 43.4 Å². The number of rotatable bonds is 6. The second-order valence-electron chi connectivity index (χ2n) is 7.95. The molecule has 0 bridgehead atoms. The zero-order valence-electron chi connectivity index (χ0n) is 18.4. The Hall–Kier alpha value is -3.23. The summed E-state index contributed by atoms with van der Waals surface area (Å²) in [6.45, 7) is 6.23. The van der Waals surface area contributed by atoms with E-state index in [1.165, 1.54) is 11.8 Å². The van der Waals surface area contributed by atoms with E-state index in [0.29, 0.717) is 27.8 Å². The van der Waals surface area contributed by atoms with E-state index in [0.717, 1.165) is 16.1 Å². The van der Waals surface area contributed by atoms with Crippen LogP contribution in [0, 0.1) is 0 Å². The maximum Gasteiger partial charge on any atom is 0.266 e. The molecule has 1 unspecified atom stereocenters. The molecule has 0 aliphatic carbocycles. The van der Waals surface area contributed by atoms with Gasteiger partial charge in [0.15, 0.2) is 5.16 Å². The summed E-state index contributed by atoms with van der Waals surface area (Å²) in [6, 6.07) is 19.3. The van der Waals surface area contributed by atoms with Crippen LogP contribution in [0.2, 0.25) is 0 Å². The Balaban J connectivity index is 1.62. The first-order valence-electron chi connectivity index (χ1n) is 10.7. The number of aromatic nitrogens is 4. The summed E-state index contributed by atoms with van der Waals surface area (Å²) in [5.41, 5.74) is 2.51. The monoisotopic (exact) mass is 474 g/mol. The Morgan fingerprint density at radius 2 is 1.76 bits per heavy atom. The van der Waals surface area contributed by atoms with Crippen LogP contribution in [0.15, 0.2) is 80.4 Å². The van der Waals surface area contributed by atoms with Gasteiger partial charge in [0, 0.05) is 0 Å². The van der Waals surface area contributed by atoms with Gasteiger partial charge in [0.2, 0.25) is 5.89 Å². The SMILES string of the molecule is CC(C)c1ccccc1-n1c(SC(C)c2nnc(-c3cccs3)o2)nc2ccccc2c1=O. The van der Waals surface area contributed by atoms with Crippen molar-refractivity contribution in [3.8, 4) is 16.5 Å². The van der Waals surface area contributed by atoms with E-state index in [1.807, 2.05) is 66.9 Å². The molecule has 33 heavy (non-hydrogen) atoms. The van der Waals surface area contributed by atoms with Crippen molar-refractivity contribution in [3.05, 3.63) is 87.9 Å². The maximum atomic E-state index is 13.7. The normalized spacial score (nSPS) is 12.5. The molecule has 6 nitrogen and oxygen atoms in total. The highest BCUT2D eigenvalue weighted by molar-refractivity contribution is 7.99. The van der Waals surface area contributed by atoms with Crippen LogP contribution in [0.4, 0.5) is 0 Å². The molecule has 0 aliphatic rings. The lowest BCUT2D eigenvalue weighted by Gasteiger charge is -2.19. The summed E-state index contributed by atoms with van der Waals surface area (Å²) in [6.07, 6.45) is 0. The van der Waals surface area contributed by atoms with Gasteiger partial charge in [-0.05, 0) is 48.1 Å². The molecule has 0 aliphatic heterocycles. The van der Waals surface area contributed by atoms with E-state index >= 15 is 0 Å². The standard InChI is InChI=1S/C25H22N4O2S2/c1-15(2)17-9-5-7-12-20(17)29-24(30)18-10-4-6-11-19(18)26-25(29)33-16(3)22-27-28-23(31-22)21-13-8-14-32-21/h4-16H,1-3H3. The van der Waals surface area contributed by atoms with Crippen LogP contribution in [-0.2, 0) is 0 Å². The smallest absolute Gasteiger partial charge is 0.266 e. The number of nitrogens with zero attached hydrogens (tertiary/aromatic N) is 4. The van der Waals surface area contributed by atoms with E-state index < -0.39 is 0 Å². The first kappa shape index (κ1) is 21.6. The zero-order chi connectivity index (χ0) is 22.9. The Kier molecular flexibility index (Phi) is 5.86. The lowest BCUT2D eigenvalue weighted by Crippen LogP contribution is -2.23. The summed E-state index contributed by atoms with van der Waals surface area (Å²) in [5.74, 6) is 1.25. The average Bonchev–Trinajstić information content (AvgIpc) is 3.51. The van der Waals surface area contributed by atoms with E-state index in [-0.39, 0.29) is 16.7 Å². The summed E-state index contributed by atoms with van der Waals surface area (Å²) < 4.78 is 7.66. The van der Waals surface area contributed by atoms with Crippen LogP contribution >= 0.6 is 23.1 Å². The molecular formula is C25H22N4O2S2. The molecule has 0 radical (unpaired) electrons. The van der Waals surface area contributed by atoms with Gasteiger partial charge in [-0.25, -0.2) is 4.98 Å². The van der Waals surface area contributed by atoms with Crippen LogP contribution < -0.4 is 5.56 Å². The molecule has 0 N–H and O–H groups in total. The van der Waals surface area contributed by atoms with Gasteiger partial charge >= 0.3 is 0 Å². The van der Waals surface area contributed by atoms with Crippen LogP contribution in [0.25, 0.3) is 27.4 Å². The first-order valence-corrected chi connectivity index (χ1v) is 12.4. The molecule has 166 valence electrons. The molecule has 2 aromatic carbocycles. The van der Waals surface area contributed by atoms with E-state index in [9.17, 15) is 4.79 Å². The fraction of sp³-hybridized carbons (Fsp3) is 0.200. The predicted octanol–water partition coefficient (Wildman–Crippen LogP) is 6.47. The molecule has 0 saturated carbocycles. The minimum absolute atomic E-state index is 0.0896. The minimum Gasteiger partial charge on any atom is -0.419 e. The van der Waals surface area contributed by atoms with Crippen molar-refractivity contribution in [1.82, 2.24) is 19.7 Å². The van der Waals surface area contributed by atoms with Crippen molar-refractivity contribution in [2.75, 3.05) is 0 Å². The lowest BCUT2D eigenvalue weighted by atomic mass is 10.0. The molecule has 0 saturated heterocycles. The summed E-state index contributed by atoms with van der Waals surface area (Å²) in [7, 11) is 0. The number of hydrogen-bond acceptors (Lipinski definition) is 7. The largest absolute Gasteiger partial charge is 0.419 e. The Bertz CT molecular complexity index is 1470. The number of fused-ring (bicyclic) bond motifs is 1. The number of benzene rings is 2. The summed E-state index contributed by atoms with van der Waals surface area (Å²) in [5, 5.41) is 11.4. The van der Waals surface area contributed by atoms with Crippen molar-refractivity contribution in [2.24, 2.45) is 0 Å². The fourth-order valence-electron chi connectivity index (χ4n) is 3.69. The lowest BCUT2D eigenvalue weighted by molar-refractivity contribution is 0.509. The third kappa shape index (κ3) is 4.12. The zero-order valence-corrected chi connectivity index (χ0v) is 20.1. The van der Waals surface area contributed by atoms with Gasteiger partial charge in [0.1, 0.15) is 0 Å². The Morgan fingerprint density at radius 1 is 0.970 bits per heavy atom. The number of thiophene rings is 1. The average molecular weight is 475 g/mol. The second kappa shape index (κ2) is 8.96. The van der Waals surface area contributed by atoms with Crippen molar-refractivity contribution < 1.29 is 4.42 Å². The van der Waals surface area contributed by atoms with Crippen molar-refractivity contribution in [3.63, 3.8) is 0 Å². The van der Waals surface area contributed by atoms with Crippen LogP contribution in [0.5, 0.6) is 0 Å². The molecule has 1 atom stereocenters. The van der Waals surface area contributed by atoms with Gasteiger partial charge in [-0.2, -0.15) is 0 Å². The van der Waals surface area contributed by atoms with E-state index in [1.54, 1.807) is 15.9 Å². The third-order valence-corrected chi connectivity index (χ3v) is 7.24. The molecule has 0 spiro atoms. The maximum absolute atomic E-state index is 13.7. The summed E-state index contributed by atoms with van der Waals surface area (Å²) >= 11 is 2.99. The topological polar surface area (TPSA) is 73.8 Å². The molecule has 0 amide bonds. The summed E-state index contributed by atoms with van der Waals surface area (Å²) in [4.78, 5) is 19.5. The first-order chi connectivity index (χ1) is 16.0. The van der Waals surface area contributed by atoms with Crippen LogP contribution in [0.3, 0.4) is 0 Å². The highest BCUT2D eigenvalue weighted by Crippen LogP contribution is 2.36. The van der Waals surface area contributed by atoms with Crippen molar-refractivity contribution in [1.29, 1.82) is 0 Å². The van der Waals surface area contributed by atoms with Crippen molar-refractivity contribution >= 4 is 34.0 Å². The van der Waals surface area contributed by atoms with Gasteiger partial charge in [-0.3, -0.25) is 9.36 Å². The third-order valence-electron chi connectivity index (χ3n) is 5.35. The molecule has 0 fully saturated rings. The predicted molar refractivity (Wildman–Crippen MR) is 133 cm³/mol. The second-order valence-corrected chi connectivity index (χ2v) is 10.2. The Morgan fingerprint density at radius 3 is 2.55 bits per heavy atom. The number of hydrogen-bond donors (Lipinski definition) is 0. The molecule has 3 heterocycles. The molecular weight excluding hydrogens is 452 g/mol. The molecule has 5 rings (SSSR count). The molecule has 5 aromatic rings. The van der Waals surface area contributed by atoms with Gasteiger partial charge in [-0.1, -0.05) is 62.0 Å². The van der Waals surface area contributed by atoms with Gasteiger partial charge < -0.3 is 4.42 Å². The minimum atomic E-state index is -0.197. The van der Waals surface area contributed by atoms with Crippen LogP contribution in [-0.4, -0.2) is 19.7 Å². The molecule has 8 heteroatoms. The van der Waals surface area contributed by atoms with Gasteiger partial charge in [0.25, 0.3) is 11.4 Å². The van der Waals surface area contributed by atoms with E-state index in [4.69, 9.17) is 9.40 Å². The molecule has 3 aromatic heterocycles. The van der Waals surface area contributed by atoms with Gasteiger partial charge in [0.05, 0.1) is 26.7 Å². The fourth-order valence-corrected chi connectivity index (χ4v) is 5.28. The van der Waals surface area contributed by atoms with Crippen molar-refractivity contribution in [2.45, 2.75) is 37.1 Å². The number of thioether (sulfide) groups is 1.